The molecule has 5 N–H and O–H groups in total. The number of amides is 3. The Kier molecular flexibility index (Phi) is 8.20. The van der Waals surface area contributed by atoms with Crippen molar-refractivity contribution in [1.82, 2.24) is 10.6 Å². The van der Waals surface area contributed by atoms with Crippen LogP contribution in [0.1, 0.15) is 33.5 Å². The molecule has 1 aliphatic rings. The average molecular weight is 530 g/mol. The zero-order valence-corrected chi connectivity index (χ0v) is 21.1. The topological polar surface area (TPSA) is 161 Å². The lowest BCUT2D eigenvalue weighted by molar-refractivity contribution is -0.139. The number of carboxylic acid groups (broad SMARTS) is 1. The minimum atomic E-state index is -1.12. The van der Waals surface area contributed by atoms with Crippen LogP contribution in [-0.2, 0) is 27.5 Å². The molecule has 1 atom stereocenters. The van der Waals surface area contributed by atoms with Gasteiger partial charge in [-0.25, -0.2) is 4.79 Å². The summed E-state index contributed by atoms with van der Waals surface area (Å²) >= 11 is 0. The predicted molar refractivity (Wildman–Crippen MR) is 144 cm³/mol. The third kappa shape index (κ3) is 6.77. The number of amidine groups is 1. The predicted octanol–water partition coefficient (Wildman–Crippen LogP) is 3.10. The van der Waals surface area contributed by atoms with Crippen LogP contribution in [0.4, 0.5) is 16.2 Å². The lowest BCUT2D eigenvalue weighted by atomic mass is 10.1. The molecule has 200 valence electrons. The molecule has 1 aliphatic heterocycles. The van der Waals surface area contributed by atoms with Crippen molar-refractivity contribution in [3.05, 3.63) is 95.1 Å². The summed E-state index contributed by atoms with van der Waals surface area (Å²) in [4.78, 5) is 50.0. The Hall–Kier alpha value is -5.19. The van der Waals surface area contributed by atoms with Gasteiger partial charge in [-0.1, -0.05) is 36.4 Å². The van der Waals surface area contributed by atoms with Crippen LogP contribution in [0.3, 0.4) is 0 Å². The van der Waals surface area contributed by atoms with E-state index in [0.29, 0.717) is 22.5 Å². The Bertz CT molecular complexity index is 1410. The molecule has 3 amide bonds. The molecule has 0 saturated heterocycles. The van der Waals surface area contributed by atoms with E-state index in [-0.39, 0.29) is 24.9 Å². The summed E-state index contributed by atoms with van der Waals surface area (Å²) in [7, 11) is 1.60. The van der Waals surface area contributed by atoms with Crippen LogP contribution in [0.5, 0.6) is 0 Å². The fourth-order valence-electron chi connectivity index (χ4n) is 3.97. The van der Waals surface area contributed by atoms with Crippen LogP contribution in [0.15, 0.2) is 72.8 Å². The van der Waals surface area contributed by atoms with E-state index < -0.39 is 30.4 Å². The number of carboxylic acids is 1. The van der Waals surface area contributed by atoms with Gasteiger partial charge in [0.1, 0.15) is 18.5 Å². The maximum absolute atomic E-state index is 13.2. The Morgan fingerprint density at radius 1 is 1.05 bits per heavy atom. The number of ether oxygens (including phenoxy) is 1. The highest BCUT2D eigenvalue weighted by molar-refractivity contribution is 6.07. The highest BCUT2D eigenvalue weighted by Gasteiger charge is 2.26. The fourth-order valence-corrected chi connectivity index (χ4v) is 3.97. The number of nitrogens with one attached hydrogen (secondary N) is 4. The number of carbonyl (C=O) groups excluding carboxylic acids is 3. The highest BCUT2D eigenvalue weighted by Crippen LogP contribution is 2.24. The van der Waals surface area contributed by atoms with E-state index in [0.717, 1.165) is 11.1 Å². The molecule has 3 aromatic carbocycles. The third-order valence-electron chi connectivity index (χ3n) is 6.12. The molecule has 0 spiro atoms. The normalized spacial score (nSPS) is 14.1. The first-order valence-electron chi connectivity index (χ1n) is 12.0. The summed E-state index contributed by atoms with van der Waals surface area (Å²) in [5.74, 6) is -2.02. The van der Waals surface area contributed by atoms with Gasteiger partial charge in [0.2, 0.25) is 5.91 Å². The van der Waals surface area contributed by atoms with Crippen molar-refractivity contribution in [2.75, 3.05) is 17.3 Å². The molecule has 11 nitrogen and oxygen atoms in total. The molecular formula is C28H27N5O6. The number of hydrogen-bond donors (Lipinski definition) is 5. The second-order valence-corrected chi connectivity index (χ2v) is 8.86. The Balaban J connectivity index is 1.39. The van der Waals surface area contributed by atoms with Gasteiger partial charge in [-0.2, -0.15) is 0 Å². The lowest BCUT2D eigenvalue weighted by Gasteiger charge is -2.19. The quantitative estimate of drug-likeness (QED) is 0.232. The molecule has 11 heteroatoms. The zero-order valence-electron chi connectivity index (χ0n) is 21.1. The second kappa shape index (κ2) is 11.9. The van der Waals surface area contributed by atoms with Gasteiger partial charge in [0.25, 0.3) is 5.91 Å². The molecule has 3 aromatic rings. The van der Waals surface area contributed by atoms with E-state index >= 15 is 0 Å². The molecule has 0 aromatic heterocycles. The zero-order chi connectivity index (χ0) is 27.9. The minimum Gasteiger partial charge on any atom is -0.481 e. The molecule has 0 radical (unpaired) electrons. The summed E-state index contributed by atoms with van der Waals surface area (Å²) in [6.45, 7) is 0.292. The first kappa shape index (κ1) is 26.9. The summed E-state index contributed by atoms with van der Waals surface area (Å²) < 4.78 is 5.14. The standard InChI is InChI=1S/C28H27N5O6/c1-33(27(37)19-7-8-20-15-30-26(36)23(14-24(34)35)31-22(20)13-19)21-11-9-18(10-12-21)25(29)32-28(38)39-16-17-5-3-2-4-6-17/h2-13,23,31H,14-16H2,1H3,(H,30,36)(H,34,35)(H2,29,32,38). The number of alkyl carbamates (subject to hydrolysis) is 1. The molecule has 0 aliphatic carbocycles. The summed E-state index contributed by atoms with van der Waals surface area (Å²) in [5.41, 5.74) is 3.37. The van der Waals surface area contributed by atoms with E-state index in [1.807, 2.05) is 30.3 Å². The second-order valence-electron chi connectivity index (χ2n) is 8.86. The number of anilines is 2. The van der Waals surface area contributed by atoms with Crippen molar-refractivity contribution in [1.29, 1.82) is 5.41 Å². The van der Waals surface area contributed by atoms with Crippen molar-refractivity contribution in [2.24, 2.45) is 0 Å². The van der Waals surface area contributed by atoms with Gasteiger partial charge >= 0.3 is 12.1 Å². The van der Waals surface area contributed by atoms with Crippen molar-refractivity contribution in [2.45, 2.75) is 25.6 Å². The third-order valence-corrected chi connectivity index (χ3v) is 6.12. The first-order chi connectivity index (χ1) is 18.7. The molecule has 1 unspecified atom stereocenters. The Labute approximate surface area is 224 Å². The van der Waals surface area contributed by atoms with Gasteiger partial charge < -0.3 is 25.4 Å². The van der Waals surface area contributed by atoms with Gasteiger partial charge in [-0.3, -0.25) is 25.1 Å². The SMILES string of the molecule is CN(C(=O)c1ccc2c(c1)NC(CC(=O)O)C(=O)NC2)c1ccc(C(=N)NC(=O)OCc2ccccc2)cc1. The number of benzene rings is 3. The molecule has 1 heterocycles. The van der Waals surface area contributed by atoms with E-state index in [4.69, 9.17) is 15.3 Å². The van der Waals surface area contributed by atoms with Crippen LogP contribution >= 0.6 is 0 Å². The number of aliphatic carboxylic acids is 1. The number of fused-ring (bicyclic) bond motifs is 1. The molecule has 0 fully saturated rings. The average Bonchev–Trinajstić information content (AvgIpc) is 3.09. The largest absolute Gasteiger partial charge is 0.481 e. The van der Waals surface area contributed by atoms with E-state index in [1.54, 1.807) is 49.5 Å². The van der Waals surface area contributed by atoms with Crippen LogP contribution in [0.25, 0.3) is 0 Å². The van der Waals surface area contributed by atoms with Gasteiger partial charge in [-0.05, 0) is 47.5 Å². The number of nitrogens with zero attached hydrogens (tertiary/aromatic N) is 1. The van der Waals surface area contributed by atoms with Gasteiger partial charge in [0.05, 0.1) is 6.42 Å². The molecule has 0 saturated carbocycles. The van der Waals surface area contributed by atoms with Crippen molar-refractivity contribution in [3.8, 4) is 0 Å². The van der Waals surface area contributed by atoms with Crippen LogP contribution < -0.4 is 20.9 Å². The molecular weight excluding hydrogens is 502 g/mol. The van der Waals surface area contributed by atoms with Crippen molar-refractivity contribution >= 4 is 41.1 Å². The number of hydrogen-bond acceptors (Lipinski definition) is 7. The summed E-state index contributed by atoms with van der Waals surface area (Å²) in [6.07, 6.45) is -1.15. The molecule has 0 bridgehead atoms. The summed E-state index contributed by atoms with van der Waals surface area (Å²) in [5, 5.41) is 25.3. The maximum Gasteiger partial charge on any atom is 0.413 e. The molecule has 4 rings (SSSR count). The van der Waals surface area contributed by atoms with Crippen LogP contribution in [-0.4, -0.2) is 47.9 Å². The van der Waals surface area contributed by atoms with Crippen molar-refractivity contribution < 1.29 is 29.0 Å². The van der Waals surface area contributed by atoms with E-state index in [1.165, 1.54) is 4.90 Å². The van der Waals surface area contributed by atoms with Crippen molar-refractivity contribution in [3.63, 3.8) is 0 Å². The monoisotopic (exact) mass is 529 g/mol. The van der Waals surface area contributed by atoms with E-state index in [2.05, 4.69) is 16.0 Å². The Morgan fingerprint density at radius 3 is 2.44 bits per heavy atom. The maximum atomic E-state index is 13.2. The van der Waals surface area contributed by atoms with Crippen LogP contribution in [0.2, 0.25) is 0 Å². The van der Waals surface area contributed by atoms with Gasteiger partial charge in [0.15, 0.2) is 0 Å². The Morgan fingerprint density at radius 2 is 1.74 bits per heavy atom. The minimum absolute atomic E-state index is 0.0804. The van der Waals surface area contributed by atoms with E-state index in [9.17, 15) is 19.2 Å². The number of carbonyl (C=O) groups is 4. The highest BCUT2D eigenvalue weighted by atomic mass is 16.5. The first-order valence-corrected chi connectivity index (χ1v) is 12.0. The molecule has 39 heavy (non-hydrogen) atoms. The summed E-state index contributed by atoms with van der Waals surface area (Å²) in [6, 6.07) is 19.7. The lowest BCUT2D eigenvalue weighted by Crippen LogP contribution is -2.38. The number of rotatable bonds is 7. The van der Waals surface area contributed by atoms with Gasteiger partial charge in [0, 0.05) is 36.1 Å². The smallest absolute Gasteiger partial charge is 0.413 e. The fraction of sp³-hybridized carbons (Fsp3) is 0.179. The van der Waals surface area contributed by atoms with Gasteiger partial charge in [-0.15, -0.1) is 0 Å². The van der Waals surface area contributed by atoms with Crippen LogP contribution in [0, 0.1) is 5.41 Å².